The fraction of sp³-hybridized carbons (Fsp3) is 0.867. The van der Waals surface area contributed by atoms with Gasteiger partial charge in [0.15, 0.2) is 0 Å². The van der Waals surface area contributed by atoms with Gasteiger partial charge in [0.25, 0.3) is 0 Å². The zero-order valence-electron chi connectivity index (χ0n) is 12.1. The lowest BCUT2D eigenvalue weighted by Gasteiger charge is -2.28. The van der Waals surface area contributed by atoms with E-state index >= 15 is 0 Å². The lowest BCUT2D eigenvalue weighted by atomic mass is 9.85. The molecule has 1 saturated carbocycles. The molecule has 0 aromatic rings. The summed E-state index contributed by atoms with van der Waals surface area (Å²) in [7, 11) is 0. The van der Waals surface area contributed by atoms with Crippen molar-refractivity contribution in [2.24, 2.45) is 11.8 Å². The molecule has 1 amide bonds. The van der Waals surface area contributed by atoms with Crippen molar-refractivity contribution in [3.63, 3.8) is 0 Å². The number of carboxylic acid groups (broad SMARTS) is 1. The summed E-state index contributed by atoms with van der Waals surface area (Å²) in [5, 5.41) is 15.4. The fourth-order valence-electron chi connectivity index (χ4n) is 3.35. The second-order valence-electron chi connectivity index (χ2n) is 6.22. The Labute approximate surface area is 120 Å². The van der Waals surface area contributed by atoms with Crippen LogP contribution in [-0.4, -0.2) is 36.1 Å². The van der Waals surface area contributed by atoms with Crippen LogP contribution in [0.25, 0.3) is 0 Å². The molecule has 20 heavy (non-hydrogen) atoms. The topological polar surface area (TPSA) is 78.4 Å². The van der Waals surface area contributed by atoms with Crippen molar-refractivity contribution in [2.45, 2.75) is 57.4 Å². The van der Waals surface area contributed by atoms with Gasteiger partial charge in [-0.3, -0.25) is 9.59 Å². The van der Waals surface area contributed by atoms with Crippen LogP contribution < -0.4 is 10.6 Å². The minimum atomic E-state index is -0.725. The maximum absolute atomic E-state index is 12.0. The molecule has 3 unspecified atom stereocenters. The van der Waals surface area contributed by atoms with Crippen LogP contribution in [0.4, 0.5) is 0 Å². The number of carboxylic acids is 1. The average Bonchev–Trinajstić information content (AvgIpc) is 2.46. The fourth-order valence-corrected chi connectivity index (χ4v) is 3.35. The van der Waals surface area contributed by atoms with E-state index < -0.39 is 5.97 Å². The molecule has 5 heteroatoms. The molecule has 0 radical (unpaired) electrons. The first-order valence-electron chi connectivity index (χ1n) is 7.88. The summed E-state index contributed by atoms with van der Waals surface area (Å²) >= 11 is 0. The molecule has 114 valence electrons. The molecule has 1 aliphatic heterocycles. The Bertz CT molecular complexity index is 340. The van der Waals surface area contributed by atoms with Gasteiger partial charge in [-0.2, -0.15) is 0 Å². The largest absolute Gasteiger partial charge is 0.481 e. The molecule has 0 spiro atoms. The Balaban J connectivity index is 1.66. The standard InChI is InChI=1S/C15H26N2O3/c18-14(7-6-11-3-2-8-16-10-11)17-13-5-1-4-12(9-13)15(19)20/h11-13,16H,1-10H2,(H,17,18)(H,19,20). The summed E-state index contributed by atoms with van der Waals surface area (Å²) < 4.78 is 0. The number of hydrogen-bond acceptors (Lipinski definition) is 3. The van der Waals surface area contributed by atoms with Crippen LogP contribution >= 0.6 is 0 Å². The molecular weight excluding hydrogens is 256 g/mol. The first-order chi connectivity index (χ1) is 9.65. The highest BCUT2D eigenvalue weighted by Gasteiger charge is 2.27. The van der Waals surface area contributed by atoms with E-state index in [1.807, 2.05) is 0 Å². The van der Waals surface area contributed by atoms with Crippen LogP contribution in [0.2, 0.25) is 0 Å². The van der Waals surface area contributed by atoms with Crippen LogP contribution in [0.15, 0.2) is 0 Å². The summed E-state index contributed by atoms with van der Waals surface area (Å²) in [5.41, 5.74) is 0. The van der Waals surface area contributed by atoms with E-state index in [9.17, 15) is 9.59 Å². The van der Waals surface area contributed by atoms with Crippen molar-refractivity contribution in [3.8, 4) is 0 Å². The molecule has 2 fully saturated rings. The molecule has 0 aromatic heterocycles. The number of aliphatic carboxylic acids is 1. The first kappa shape index (κ1) is 15.3. The van der Waals surface area contributed by atoms with Gasteiger partial charge in [0.1, 0.15) is 0 Å². The summed E-state index contributed by atoms with van der Waals surface area (Å²) in [6, 6.07) is 0.0573. The number of amides is 1. The second-order valence-corrected chi connectivity index (χ2v) is 6.22. The van der Waals surface area contributed by atoms with Crippen molar-refractivity contribution >= 4 is 11.9 Å². The predicted octanol–water partition coefficient (Wildman–Crippen LogP) is 1.53. The van der Waals surface area contributed by atoms with E-state index in [2.05, 4.69) is 10.6 Å². The maximum atomic E-state index is 12.0. The van der Waals surface area contributed by atoms with Gasteiger partial charge in [-0.1, -0.05) is 6.42 Å². The van der Waals surface area contributed by atoms with E-state index in [0.717, 1.165) is 38.8 Å². The molecule has 2 aliphatic rings. The van der Waals surface area contributed by atoms with E-state index in [4.69, 9.17) is 5.11 Å². The van der Waals surface area contributed by atoms with Crippen LogP contribution in [-0.2, 0) is 9.59 Å². The van der Waals surface area contributed by atoms with Crippen LogP contribution in [0.3, 0.4) is 0 Å². The van der Waals surface area contributed by atoms with Crippen molar-refractivity contribution in [1.82, 2.24) is 10.6 Å². The number of rotatable bonds is 5. The van der Waals surface area contributed by atoms with Gasteiger partial charge in [-0.15, -0.1) is 0 Å². The SMILES string of the molecule is O=C(CCC1CCCNC1)NC1CCCC(C(=O)O)C1. The lowest BCUT2D eigenvalue weighted by Crippen LogP contribution is -2.40. The number of piperidine rings is 1. The zero-order chi connectivity index (χ0) is 14.4. The van der Waals surface area contributed by atoms with Gasteiger partial charge < -0.3 is 15.7 Å². The van der Waals surface area contributed by atoms with Crippen molar-refractivity contribution < 1.29 is 14.7 Å². The highest BCUT2D eigenvalue weighted by molar-refractivity contribution is 5.76. The molecule has 1 aliphatic carbocycles. The number of nitrogens with one attached hydrogen (secondary N) is 2. The Morgan fingerprint density at radius 1 is 1.20 bits per heavy atom. The van der Waals surface area contributed by atoms with Gasteiger partial charge in [0.05, 0.1) is 5.92 Å². The van der Waals surface area contributed by atoms with Gasteiger partial charge in [0.2, 0.25) is 5.91 Å². The van der Waals surface area contributed by atoms with E-state index in [1.165, 1.54) is 12.8 Å². The van der Waals surface area contributed by atoms with Crippen molar-refractivity contribution in [2.75, 3.05) is 13.1 Å². The first-order valence-corrected chi connectivity index (χ1v) is 7.88. The summed E-state index contributed by atoms with van der Waals surface area (Å²) in [6.07, 6.45) is 7.07. The molecule has 0 bridgehead atoms. The second kappa shape index (κ2) is 7.62. The summed E-state index contributed by atoms with van der Waals surface area (Å²) in [4.78, 5) is 22.9. The monoisotopic (exact) mass is 282 g/mol. The van der Waals surface area contributed by atoms with Crippen LogP contribution in [0.1, 0.15) is 51.4 Å². The third-order valence-electron chi connectivity index (χ3n) is 4.57. The van der Waals surface area contributed by atoms with E-state index in [0.29, 0.717) is 18.8 Å². The molecule has 2 rings (SSSR count). The number of carbonyl (C=O) groups excluding carboxylic acids is 1. The Kier molecular flexibility index (Phi) is 5.83. The third kappa shape index (κ3) is 4.78. The normalized spacial score (nSPS) is 30.7. The van der Waals surface area contributed by atoms with Gasteiger partial charge in [0, 0.05) is 12.5 Å². The highest BCUT2D eigenvalue weighted by Crippen LogP contribution is 2.24. The maximum Gasteiger partial charge on any atom is 0.306 e. The number of carbonyl (C=O) groups is 2. The van der Waals surface area contributed by atoms with Gasteiger partial charge >= 0.3 is 5.97 Å². The van der Waals surface area contributed by atoms with E-state index in [-0.39, 0.29) is 17.9 Å². The molecule has 3 N–H and O–H groups in total. The molecule has 3 atom stereocenters. The quantitative estimate of drug-likeness (QED) is 0.714. The van der Waals surface area contributed by atoms with Gasteiger partial charge in [-0.05, 0) is 57.5 Å². The van der Waals surface area contributed by atoms with Gasteiger partial charge in [-0.25, -0.2) is 0 Å². The highest BCUT2D eigenvalue weighted by atomic mass is 16.4. The smallest absolute Gasteiger partial charge is 0.306 e. The summed E-state index contributed by atoms with van der Waals surface area (Å²) in [5.74, 6) is -0.298. The van der Waals surface area contributed by atoms with Crippen LogP contribution in [0.5, 0.6) is 0 Å². The number of hydrogen-bond donors (Lipinski definition) is 3. The minimum Gasteiger partial charge on any atom is -0.481 e. The average molecular weight is 282 g/mol. The Hall–Kier alpha value is -1.10. The van der Waals surface area contributed by atoms with Crippen LogP contribution in [0, 0.1) is 11.8 Å². The van der Waals surface area contributed by atoms with E-state index in [1.54, 1.807) is 0 Å². The molecule has 1 saturated heterocycles. The van der Waals surface area contributed by atoms with Crippen molar-refractivity contribution in [1.29, 1.82) is 0 Å². The molecule has 5 nitrogen and oxygen atoms in total. The Morgan fingerprint density at radius 2 is 2.05 bits per heavy atom. The third-order valence-corrected chi connectivity index (χ3v) is 4.57. The minimum absolute atomic E-state index is 0.0573. The van der Waals surface area contributed by atoms with Crippen molar-refractivity contribution in [3.05, 3.63) is 0 Å². The lowest BCUT2D eigenvalue weighted by molar-refractivity contribution is -0.143. The molecular formula is C15H26N2O3. The Morgan fingerprint density at radius 3 is 2.75 bits per heavy atom. The summed E-state index contributed by atoms with van der Waals surface area (Å²) in [6.45, 7) is 2.12. The molecule has 1 heterocycles. The predicted molar refractivity (Wildman–Crippen MR) is 76.4 cm³/mol. The zero-order valence-corrected chi connectivity index (χ0v) is 12.1. The molecule has 0 aromatic carbocycles.